The number of carboxylic acids is 1. The second-order valence-corrected chi connectivity index (χ2v) is 7.65. The molecule has 1 aliphatic heterocycles. The predicted molar refractivity (Wildman–Crippen MR) is 118 cm³/mol. The van der Waals surface area contributed by atoms with Crippen molar-refractivity contribution in [2.45, 2.75) is 26.3 Å². The van der Waals surface area contributed by atoms with Gasteiger partial charge in [0.2, 0.25) is 5.91 Å². The molecule has 1 amide bonds. The molecule has 156 valence electrons. The average molecular weight is 414 g/mol. The van der Waals surface area contributed by atoms with Crippen LogP contribution in [0.4, 0.5) is 0 Å². The maximum Gasteiger partial charge on any atom is 0.335 e. The van der Waals surface area contributed by atoms with Crippen LogP contribution in [-0.2, 0) is 24.2 Å². The molecule has 0 saturated heterocycles. The molecule has 0 unspecified atom stereocenters. The van der Waals surface area contributed by atoms with Crippen LogP contribution in [0, 0.1) is 6.92 Å². The van der Waals surface area contributed by atoms with Gasteiger partial charge in [0.05, 0.1) is 5.56 Å². The molecule has 2 N–H and O–H groups in total. The van der Waals surface area contributed by atoms with Crippen LogP contribution in [0.2, 0.25) is 0 Å². The molecule has 1 aromatic heterocycles. The van der Waals surface area contributed by atoms with E-state index < -0.39 is 5.97 Å². The first kappa shape index (κ1) is 20.3. The van der Waals surface area contributed by atoms with Crippen LogP contribution in [0.5, 0.6) is 0 Å². The fourth-order valence-corrected chi connectivity index (χ4v) is 3.76. The molecular formula is C25H22N2O4. The Morgan fingerprint density at radius 2 is 1.74 bits per heavy atom. The molecule has 0 aliphatic carbocycles. The number of carboxylic acid groups (broad SMARTS) is 1. The number of fused-ring (bicyclic) bond motifs is 1. The van der Waals surface area contributed by atoms with Gasteiger partial charge in [-0.2, -0.15) is 0 Å². The molecule has 6 nitrogen and oxygen atoms in total. The monoisotopic (exact) mass is 414 g/mol. The number of aryl methyl sites for hydroxylation is 1. The quantitative estimate of drug-likeness (QED) is 0.649. The number of aromatic carboxylic acids is 1. The van der Waals surface area contributed by atoms with Crippen molar-refractivity contribution < 1.29 is 14.7 Å². The number of carbonyl (C=O) groups excluding carboxylic acids is 1. The van der Waals surface area contributed by atoms with Crippen LogP contribution in [0.3, 0.4) is 0 Å². The highest BCUT2D eigenvalue weighted by Gasteiger charge is 2.22. The van der Waals surface area contributed by atoms with Gasteiger partial charge in [-0.3, -0.25) is 14.2 Å². The third-order valence-electron chi connectivity index (χ3n) is 5.46. The average Bonchev–Trinajstić information content (AvgIpc) is 3.23. The number of hydrogen-bond acceptors (Lipinski definition) is 3. The molecule has 0 fully saturated rings. The zero-order chi connectivity index (χ0) is 22.0. The highest BCUT2D eigenvalue weighted by molar-refractivity contribution is 5.97. The summed E-state index contributed by atoms with van der Waals surface area (Å²) >= 11 is 0. The van der Waals surface area contributed by atoms with Crippen molar-refractivity contribution in [2.24, 2.45) is 0 Å². The van der Waals surface area contributed by atoms with Crippen LogP contribution < -0.4 is 10.9 Å². The van der Waals surface area contributed by atoms with Crippen molar-refractivity contribution in [3.8, 4) is 0 Å². The number of benzene rings is 2. The Morgan fingerprint density at radius 3 is 2.42 bits per heavy atom. The van der Waals surface area contributed by atoms with E-state index in [-0.39, 0.29) is 17.0 Å². The van der Waals surface area contributed by atoms with Crippen LogP contribution in [0.1, 0.15) is 38.3 Å². The van der Waals surface area contributed by atoms with E-state index in [1.165, 1.54) is 12.1 Å². The van der Waals surface area contributed by atoms with Gasteiger partial charge in [-0.05, 0) is 41.8 Å². The summed E-state index contributed by atoms with van der Waals surface area (Å²) < 4.78 is 1.56. The molecule has 0 spiro atoms. The van der Waals surface area contributed by atoms with Gasteiger partial charge in [-0.25, -0.2) is 4.79 Å². The number of aromatic nitrogens is 1. The third kappa shape index (κ3) is 4.33. The van der Waals surface area contributed by atoms with Crippen molar-refractivity contribution in [1.29, 1.82) is 0 Å². The zero-order valence-corrected chi connectivity index (χ0v) is 17.1. The Kier molecular flexibility index (Phi) is 5.54. The minimum Gasteiger partial charge on any atom is -0.478 e. The lowest BCUT2D eigenvalue weighted by molar-refractivity contribution is -0.117. The zero-order valence-electron chi connectivity index (χ0n) is 17.1. The second kappa shape index (κ2) is 8.44. The molecule has 0 radical (unpaired) electrons. The fraction of sp³-hybridized carbons (Fsp3) is 0.160. The normalized spacial score (nSPS) is 12.2. The molecule has 0 bridgehead atoms. The molecule has 31 heavy (non-hydrogen) atoms. The molecule has 2 heterocycles. The van der Waals surface area contributed by atoms with Gasteiger partial charge in [-0.15, -0.1) is 0 Å². The van der Waals surface area contributed by atoms with Gasteiger partial charge in [0.25, 0.3) is 5.56 Å². The van der Waals surface area contributed by atoms with E-state index in [4.69, 9.17) is 5.11 Å². The van der Waals surface area contributed by atoms with E-state index in [9.17, 15) is 14.4 Å². The first-order valence-corrected chi connectivity index (χ1v) is 10.0. The summed E-state index contributed by atoms with van der Waals surface area (Å²) in [6.45, 7) is 2.36. The van der Waals surface area contributed by atoms with E-state index >= 15 is 0 Å². The minimum atomic E-state index is -0.983. The van der Waals surface area contributed by atoms with E-state index in [1.54, 1.807) is 22.9 Å². The first-order chi connectivity index (χ1) is 14.9. The van der Waals surface area contributed by atoms with E-state index in [1.807, 2.05) is 43.3 Å². The third-order valence-corrected chi connectivity index (χ3v) is 5.46. The van der Waals surface area contributed by atoms with Crippen molar-refractivity contribution in [1.82, 2.24) is 9.88 Å². The minimum absolute atomic E-state index is 0.159. The molecule has 1 aliphatic rings. The summed E-state index contributed by atoms with van der Waals surface area (Å²) in [5.41, 5.74) is 4.83. The van der Waals surface area contributed by atoms with Crippen molar-refractivity contribution in [3.05, 3.63) is 110 Å². The van der Waals surface area contributed by atoms with Gasteiger partial charge >= 0.3 is 5.97 Å². The van der Waals surface area contributed by atoms with Crippen molar-refractivity contribution in [2.75, 3.05) is 0 Å². The number of carbonyl (C=O) groups is 2. The van der Waals surface area contributed by atoms with Crippen LogP contribution in [0.25, 0.3) is 6.20 Å². The summed E-state index contributed by atoms with van der Waals surface area (Å²) in [6, 6.07) is 18.0. The lowest BCUT2D eigenvalue weighted by Crippen LogP contribution is -2.24. The lowest BCUT2D eigenvalue weighted by Gasteiger charge is -2.10. The lowest BCUT2D eigenvalue weighted by atomic mass is 10.0. The number of nitrogens with zero attached hydrogens (tertiary/aromatic N) is 1. The molecule has 3 aromatic rings. The Hall–Kier alpha value is -3.93. The standard InChI is InChI=1S/C25H22N2O4/c1-16-11-20(12-17-7-9-19(10-8-17)25(30)31)24(29)27-15-21(13-22(16)27)23(28)26-14-18-5-3-2-4-6-18/h2-11,15H,12-14H2,1H3,(H,26,28)(H,30,31). The molecule has 0 saturated carbocycles. The summed E-state index contributed by atoms with van der Waals surface area (Å²) in [5.74, 6) is -1.17. The highest BCUT2D eigenvalue weighted by Crippen LogP contribution is 2.22. The van der Waals surface area contributed by atoms with Gasteiger partial charge in [0.15, 0.2) is 0 Å². The maximum absolute atomic E-state index is 13.0. The van der Waals surface area contributed by atoms with Gasteiger partial charge in [-0.1, -0.05) is 42.5 Å². The van der Waals surface area contributed by atoms with Gasteiger partial charge in [0.1, 0.15) is 0 Å². The Bertz CT molecular complexity index is 1240. The van der Waals surface area contributed by atoms with Crippen molar-refractivity contribution >= 4 is 18.1 Å². The molecule has 4 rings (SSSR count). The largest absolute Gasteiger partial charge is 0.478 e. The van der Waals surface area contributed by atoms with E-state index in [0.29, 0.717) is 30.5 Å². The SMILES string of the molecule is Cc1cc(Cc2ccc(C(=O)O)cc2)c(=O)n2c1CC(C(=O)NCc1ccccc1)=C2. The number of nitrogens with one attached hydrogen (secondary N) is 1. The van der Waals surface area contributed by atoms with Crippen molar-refractivity contribution in [3.63, 3.8) is 0 Å². The van der Waals surface area contributed by atoms with Gasteiger partial charge in [0, 0.05) is 42.4 Å². The summed E-state index contributed by atoms with van der Waals surface area (Å²) in [6.07, 6.45) is 2.43. The highest BCUT2D eigenvalue weighted by atomic mass is 16.4. The topological polar surface area (TPSA) is 88.4 Å². The maximum atomic E-state index is 13.0. The summed E-state index contributed by atoms with van der Waals surface area (Å²) in [4.78, 5) is 36.7. The summed E-state index contributed by atoms with van der Waals surface area (Å²) in [7, 11) is 0. The molecule has 6 heteroatoms. The Balaban J connectivity index is 1.53. The number of hydrogen-bond donors (Lipinski definition) is 2. The second-order valence-electron chi connectivity index (χ2n) is 7.65. The predicted octanol–water partition coefficient (Wildman–Crippen LogP) is 3.16. The fourth-order valence-electron chi connectivity index (χ4n) is 3.76. The number of pyridine rings is 1. The Labute approximate surface area is 179 Å². The first-order valence-electron chi connectivity index (χ1n) is 10.0. The Morgan fingerprint density at radius 1 is 1.03 bits per heavy atom. The molecule has 2 aromatic carbocycles. The van der Waals surface area contributed by atoms with Crippen LogP contribution in [0.15, 0.2) is 71.0 Å². The number of amides is 1. The van der Waals surface area contributed by atoms with Crippen LogP contribution in [-0.4, -0.2) is 21.6 Å². The van der Waals surface area contributed by atoms with E-state index in [0.717, 1.165) is 22.4 Å². The smallest absolute Gasteiger partial charge is 0.335 e. The number of rotatable bonds is 6. The van der Waals surface area contributed by atoms with E-state index in [2.05, 4.69) is 5.32 Å². The summed E-state index contributed by atoms with van der Waals surface area (Å²) in [5, 5.41) is 11.9. The molecular weight excluding hydrogens is 392 g/mol. The molecule has 0 atom stereocenters. The van der Waals surface area contributed by atoms with Gasteiger partial charge < -0.3 is 10.4 Å². The van der Waals surface area contributed by atoms with Crippen LogP contribution >= 0.6 is 0 Å².